The summed E-state index contributed by atoms with van der Waals surface area (Å²) in [6.45, 7) is 0.370. The van der Waals surface area contributed by atoms with E-state index in [0.29, 0.717) is 30.5 Å². The van der Waals surface area contributed by atoms with Gasteiger partial charge in [-0.2, -0.15) is 0 Å². The number of nitrogens with zero attached hydrogens (tertiary/aromatic N) is 3. The zero-order valence-corrected chi connectivity index (χ0v) is 17.1. The van der Waals surface area contributed by atoms with Gasteiger partial charge in [-0.15, -0.1) is 10.2 Å². The van der Waals surface area contributed by atoms with Gasteiger partial charge in [-0.25, -0.2) is 22.4 Å². The van der Waals surface area contributed by atoms with Gasteiger partial charge >= 0.3 is 6.03 Å². The number of likely N-dealkylation sites (tertiary alicyclic amines) is 1. The first-order chi connectivity index (χ1) is 15.3. The molecule has 1 aliphatic rings. The van der Waals surface area contributed by atoms with Crippen molar-refractivity contribution in [3.05, 3.63) is 69.7 Å². The summed E-state index contributed by atoms with van der Waals surface area (Å²) in [4.78, 5) is 26.4. The molecule has 1 aliphatic heterocycles. The number of carbonyl (C=O) groups excluding carboxylic acids is 2. The summed E-state index contributed by atoms with van der Waals surface area (Å²) >= 11 is 0.950. The lowest BCUT2D eigenvalue weighted by atomic mass is 10.2. The highest BCUT2D eigenvalue weighted by Crippen LogP contribution is 2.34. The molecule has 1 aromatic heterocycles. The highest BCUT2D eigenvalue weighted by Gasteiger charge is 2.33. The second-order valence-electron chi connectivity index (χ2n) is 6.93. The minimum absolute atomic E-state index is 0.0263. The van der Waals surface area contributed by atoms with Crippen LogP contribution >= 0.6 is 11.3 Å². The molecular weight excluding hydrogens is 450 g/mol. The Labute approximate surface area is 183 Å². The van der Waals surface area contributed by atoms with Crippen LogP contribution in [0.1, 0.15) is 33.7 Å². The van der Waals surface area contributed by atoms with Crippen LogP contribution in [0.2, 0.25) is 0 Å². The maximum absolute atomic E-state index is 13.9. The minimum Gasteiger partial charge on any atom is -0.320 e. The normalized spacial score (nSPS) is 15.6. The van der Waals surface area contributed by atoms with E-state index >= 15 is 0 Å². The van der Waals surface area contributed by atoms with E-state index in [2.05, 4.69) is 20.8 Å². The van der Waals surface area contributed by atoms with Crippen LogP contribution in [0.25, 0.3) is 0 Å². The zero-order chi connectivity index (χ0) is 22.8. The number of anilines is 2. The van der Waals surface area contributed by atoms with Crippen LogP contribution in [0.5, 0.6) is 0 Å². The van der Waals surface area contributed by atoms with Crippen LogP contribution in [0.15, 0.2) is 36.4 Å². The van der Waals surface area contributed by atoms with Crippen molar-refractivity contribution in [1.82, 2.24) is 15.1 Å². The van der Waals surface area contributed by atoms with E-state index in [1.54, 1.807) is 0 Å². The van der Waals surface area contributed by atoms with E-state index in [4.69, 9.17) is 0 Å². The number of rotatable bonds is 4. The van der Waals surface area contributed by atoms with Crippen molar-refractivity contribution in [2.45, 2.75) is 18.9 Å². The van der Waals surface area contributed by atoms with Crippen LogP contribution in [0, 0.1) is 23.3 Å². The van der Waals surface area contributed by atoms with Gasteiger partial charge in [0.05, 0.1) is 11.7 Å². The maximum atomic E-state index is 13.9. The lowest BCUT2D eigenvalue weighted by Crippen LogP contribution is -2.34. The van der Waals surface area contributed by atoms with Crippen molar-refractivity contribution >= 4 is 34.6 Å². The molecular formula is C20H15F4N5O2S. The quantitative estimate of drug-likeness (QED) is 0.546. The topological polar surface area (TPSA) is 87.2 Å². The molecule has 32 heavy (non-hydrogen) atoms. The van der Waals surface area contributed by atoms with Crippen molar-refractivity contribution in [1.29, 1.82) is 0 Å². The van der Waals surface area contributed by atoms with E-state index in [0.717, 1.165) is 35.6 Å². The Kier molecular flexibility index (Phi) is 6.04. The lowest BCUT2D eigenvalue weighted by Gasteiger charge is -2.23. The van der Waals surface area contributed by atoms with Gasteiger partial charge in [0.25, 0.3) is 5.91 Å². The molecule has 7 nitrogen and oxygen atoms in total. The number of aromatic nitrogens is 2. The molecule has 1 fully saturated rings. The third-order valence-electron chi connectivity index (χ3n) is 4.78. The number of urea groups is 1. The molecule has 0 bridgehead atoms. The van der Waals surface area contributed by atoms with Gasteiger partial charge in [0.2, 0.25) is 5.01 Å². The standard InChI is InChI=1S/C20H15F4N5O2S/c21-10-3-6-15(14(24)8-10)26-20(31)29-7-1-2-16(29)18-27-28-19(32-18)17(30)25-11-4-5-12(22)13(23)9-11/h3-6,8-9,16H,1-2,7H2,(H,25,30)(H,26,31). The molecule has 12 heteroatoms. The minimum atomic E-state index is -1.11. The van der Waals surface area contributed by atoms with Gasteiger partial charge < -0.3 is 15.5 Å². The van der Waals surface area contributed by atoms with Crippen molar-refractivity contribution in [2.24, 2.45) is 0 Å². The molecule has 166 valence electrons. The number of carbonyl (C=O) groups is 2. The molecule has 3 aromatic rings. The summed E-state index contributed by atoms with van der Waals surface area (Å²) in [6, 6.07) is 4.67. The van der Waals surface area contributed by atoms with E-state index in [1.807, 2.05) is 0 Å². The van der Waals surface area contributed by atoms with Gasteiger partial charge in [0.1, 0.15) is 16.6 Å². The Morgan fingerprint density at radius 1 is 0.969 bits per heavy atom. The second kappa shape index (κ2) is 8.91. The summed E-state index contributed by atoms with van der Waals surface area (Å²) in [5.74, 6) is -4.47. The first-order valence-electron chi connectivity index (χ1n) is 9.44. The van der Waals surface area contributed by atoms with E-state index < -0.39 is 41.2 Å². The average Bonchev–Trinajstić information content (AvgIpc) is 3.42. The molecule has 1 unspecified atom stereocenters. The van der Waals surface area contributed by atoms with Crippen LogP contribution in [0.3, 0.4) is 0 Å². The predicted molar refractivity (Wildman–Crippen MR) is 108 cm³/mol. The molecule has 0 aliphatic carbocycles. The molecule has 1 saturated heterocycles. The maximum Gasteiger partial charge on any atom is 0.322 e. The highest BCUT2D eigenvalue weighted by atomic mass is 32.1. The van der Waals surface area contributed by atoms with Crippen LogP contribution < -0.4 is 10.6 Å². The number of hydrogen-bond donors (Lipinski definition) is 2. The summed E-state index contributed by atoms with van der Waals surface area (Å²) in [5.41, 5.74) is -0.111. The first kappa shape index (κ1) is 21.7. The van der Waals surface area contributed by atoms with Crippen LogP contribution in [-0.4, -0.2) is 33.6 Å². The smallest absolute Gasteiger partial charge is 0.320 e. The van der Waals surface area contributed by atoms with Gasteiger partial charge in [-0.3, -0.25) is 4.79 Å². The highest BCUT2D eigenvalue weighted by molar-refractivity contribution is 7.13. The van der Waals surface area contributed by atoms with Crippen molar-refractivity contribution in [2.75, 3.05) is 17.2 Å². The van der Waals surface area contributed by atoms with Crippen molar-refractivity contribution in [3.8, 4) is 0 Å². The Morgan fingerprint density at radius 2 is 1.78 bits per heavy atom. The third-order valence-corrected chi connectivity index (χ3v) is 5.81. The van der Waals surface area contributed by atoms with Crippen LogP contribution in [0.4, 0.5) is 33.7 Å². The Bertz CT molecular complexity index is 1190. The summed E-state index contributed by atoms with van der Waals surface area (Å²) in [7, 11) is 0. The number of halogens is 4. The second-order valence-corrected chi connectivity index (χ2v) is 7.94. The Morgan fingerprint density at radius 3 is 2.53 bits per heavy atom. The third kappa shape index (κ3) is 4.54. The number of benzene rings is 2. The Balaban J connectivity index is 1.45. The fourth-order valence-electron chi connectivity index (χ4n) is 3.26. The molecule has 0 spiro atoms. The molecule has 4 rings (SSSR count). The van der Waals surface area contributed by atoms with Gasteiger partial charge in [0, 0.05) is 24.4 Å². The molecule has 1 atom stereocenters. The predicted octanol–water partition coefficient (Wildman–Crippen LogP) is 4.72. The molecule has 2 aromatic carbocycles. The fourth-order valence-corrected chi connectivity index (χ4v) is 4.15. The number of nitrogens with one attached hydrogen (secondary N) is 2. The number of amides is 3. The largest absolute Gasteiger partial charge is 0.322 e. The molecule has 0 radical (unpaired) electrons. The fraction of sp³-hybridized carbons (Fsp3) is 0.200. The van der Waals surface area contributed by atoms with Gasteiger partial charge in [-0.05, 0) is 37.1 Å². The zero-order valence-electron chi connectivity index (χ0n) is 16.2. The average molecular weight is 465 g/mol. The van der Waals surface area contributed by atoms with E-state index in [1.165, 1.54) is 11.0 Å². The SMILES string of the molecule is O=C(Nc1ccc(F)c(F)c1)c1nnc(C2CCCN2C(=O)Nc2ccc(F)cc2F)s1. The molecule has 2 N–H and O–H groups in total. The van der Waals surface area contributed by atoms with Crippen LogP contribution in [-0.2, 0) is 0 Å². The van der Waals surface area contributed by atoms with Gasteiger partial charge in [0.15, 0.2) is 11.6 Å². The molecule has 0 saturated carbocycles. The summed E-state index contributed by atoms with van der Waals surface area (Å²) in [6.07, 6.45) is 1.21. The van der Waals surface area contributed by atoms with E-state index in [9.17, 15) is 27.2 Å². The molecule has 3 amide bonds. The summed E-state index contributed by atoms with van der Waals surface area (Å²) in [5, 5.41) is 13.0. The van der Waals surface area contributed by atoms with Crippen molar-refractivity contribution in [3.63, 3.8) is 0 Å². The summed E-state index contributed by atoms with van der Waals surface area (Å²) < 4.78 is 53.3. The van der Waals surface area contributed by atoms with E-state index in [-0.39, 0.29) is 16.4 Å². The van der Waals surface area contributed by atoms with Crippen molar-refractivity contribution < 1.29 is 27.2 Å². The van der Waals surface area contributed by atoms with Gasteiger partial charge in [-0.1, -0.05) is 11.3 Å². The monoisotopic (exact) mass is 465 g/mol. The number of hydrogen-bond acceptors (Lipinski definition) is 5. The molecule has 2 heterocycles. The lowest BCUT2D eigenvalue weighted by molar-refractivity contribution is 0.102. The Hall–Kier alpha value is -3.54. The first-order valence-corrected chi connectivity index (χ1v) is 10.3.